The van der Waals surface area contributed by atoms with Crippen molar-refractivity contribution >= 4 is 21.5 Å². The number of rotatable bonds is 4. The van der Waals surface area contributed by atoms with Crippen molar-refractivity contribution in [2.45, 2.75) is 12.8 Å². The normalized spacial score (nSPS) is 19.2. The van der Waals surface area contributed by atoms with Gasteiger partial charge in [0.2, 0.25) is 5.88 Å². The maximum absolute atomic E-state index is 13.7. The molecule has 2 aromatic rings. The van der Waals surface area contributed by atoms with Gasteiger partial charge in [-0.2, -0.15) is 5.26 Å². The molecule has 0 amide bonds. The summed E-state index contributed by atoms with van der Waals surface area (Å²) in [6, 6.07) is 14.1. The maximum Gasteiger partial charge on any atom is 0.265 e. The number of methoxy groups -OCH3 is 2. The van der Waals surface area contributed by atoms with Crippen LogP contribution in [0, 0.1) is 11.3 Å². The van der Waals surface area contributed by atoms with Gasteiger partial charge in [0, 0.05) is 12.1 Å². The lowest BCUT2D eigenvalue weighted by Crippen LogP contribution is -2.39. The van der Waals surface area contributed by atoms with Crippen LogP contribution < -0.4 is 19.5 Å². The molecule has 31 heavy (non-hydrogen) atoms. The number of nitrogens with two attached hydrogens (primary N) is 1. The predicted molar refractivity (Wildman–Crippen MR) is 116 cm³/mol. The lowest BCUT2D eigenvalue weighted by molar-refractivity contribution is 0.352. The molecule has 0 bridgehead atoms. The maximum atomic E-state index is 13.7. The minimum Gasteiger partial charge on any atom is -0.493 e. The van der Waals surface area contributed by atoms with E-state index in [4.69, 9.17) is 19.9 Å². The van der Waals surface area contributed by atoms with Crippen LogP contribution in [-0.4, -0.2) is 29.2 Å². The van der Waals surface area contributed by atoms with Crippen LogP contribution in [0.15, 0.2) is 58.8 Å². The van der Waals surface area contributed by atoms with Crippen LogP contribution in [0.1, 0.15) is 24.0 Å². The first-order chi connectivity index (χ1) is 14.9. The Morgan fingerprint density at radius 1 is 1.16 bits per heavy atom. The molecule has 4 rings (SSSR count). The highest BCUT2D eigenvalue weighted by Gasteiger charge is 2.46. The van der Waals surface area contributed by atoms with Crippen LogP contribution >= 0.6 is 0 Å². The highest BCUT2D eigenvalue weighted by Crippen LogP contribution is 2.51. The smallest absolute Gasteiger partial charge is 0.265 e. The molecular formula is C22H21N3O5S. The average Bonchev–Trinajstić information content (AvgIpc) is 2.77. The Kier molecular flexibility index (Phi) is 5.03. The summed E-state index contributed by atoms with van der Waals surface area (Å²) in [6.45, 7) is 1.97. The molecule has 160 valence electrons. The van der Waals surface area contributed by atoms with E-state index in [-0.39, 0.29) is 28.7 Å². The van der Waals surface area contributed by atoms with Crippen molar-refractivity contribution in [3.05, 3.63) is 70.0 Å². The highest BCUT2D eigenvalue weighted by molar-refractivity contribution is 7.97. The van der Waals surface area contributed by atoms with Gasteiger partial charge in [0.05, 0.1) is 25.8 Å². The second-order valence-electron chi connectivity index (χ2n) is 6.92. The fraction of sp³-hybridized carbons (Fsp3) is 0.227. The van der Waals surface area contributed by atoms with Gasteiger partial charge in [-0.05, 0) is 36.8 Å². The van der Waals surface area contributed by atoms with Gasteiger partial charge >= 0.3 is 0 Å². The molecule has 1 unspecified atom stereocenters. The van der Waals surface area contributed by atoms with Gasteiger partial charge in [0.15, 0.2) is 17.3 Å². The molecule has 2 N–H and O–H groups in total. The Morgan fingerprint density at radius 3 is 2.52 bits per heavy atom. The highest BCUT2D eigenvalue weighted by atomic mass is 32.2. The van der Waals surface area contributed by atoms with E-state index in [9.17, 15) is 13.7 Å². The van der Waals surface area contributed by atoms with Gasteiger partial charge in [-0.3, -0.25) is 4.31 Å². The number of ether oxygens (including phenoxy) is 3. The molecule has 2 heterocycles. The second kappa shape index (κ2) is 7.56. The van der Waals surface area contributed by atoms with Crippen LogP contribution in [0.2, 0.25) is 0 Å². The monoisotopic (exact) mass is 439 g/mol. The number of fused-ring (bicyclic) bond motifs is 2. The molecule has 1 atom stereocenters. The van der Waals surface area contributed by atoms with Crippen molar-refractivity contribution in [1.82, 2.24) is 0 Å². The van der Waals surface area contributed by atoms with E-state index in [0.717, 1.165) is 0 Å². The number of anilines is 1. The fourth-order valence-electron chi connectivity index (χ4n) is 4.02. The Morgan fingerprint density at radius 2 is 1.87 bits per heavy atom. The third kappa shape index (κ3) is 2.99. The van der Waals surface area contributed by atoms with Crippen LogP contribution in [0.4, 0.5) is 5.69 Å². The lowest BCUT2D eigenvalue weighted by atomic mass is 9.88. The number of nitrogens with zero attached hydrogens (tertiary/aromatic N) is 2. The molecular weight excluding hydrogens is 418 g/mol. The van der Waals surface area contributed by atoms with Crippen molar-refractivity contribution < 1.29 is 22.6 Å². The van der Waals surface area contributed by atoms with Gasteiger partial charge in [-0.1, -0.05) is 18.2 Å². The molecule has 2 aromatic carbocycles. The number of benzene rings is 2. The summed E-state index contributed by atoms with van der Waals surface area (Å²) in [5, 5.41) is 9.84. The Labute approximate surface area is 180 Å². The number of hydrogen-bond acceptors (Lipinski definition) is 7. The van der Waals surface area contributed by atoms with Gasteiger partial charge in [0.1, 0.15) is 16.5 Å². The number of para-hydroxylation sites is 1. The fourth-order valence-corrected chi connectivity index (χ4v) is 5.95. The molecule has 0 radical (unpaired) electrons. The topological polar surface area (TPSA) is 115 Å². The van der Waals surface area contributed by atoms with Crippen molar-refractivity contribution in [2.24, 2.45) is 5.73 Å². The number of allylic oxidation sites excluding steroid dienone is 2. The largest absolute Gasteiger partial charge is 0.493 e. The molecule has 0 fully saturated rings. The summed E-state index contributed by atoms with van der Waals surface area (Å²) in [7, 11) is -1.02. The zero-order valence-electron chi connectivity index (χ0n) is 17.2. The summed E-state index contributed by atoms with van der Waals surface area (Å²) in [5.74, 6) is -0.0611. The molecule has 9 heteroatoms. The molecule has 0 saturated heterocycles. The molecule has 0 aliphatic carbocycles. The van der Waals surface area contributed by atoms with Crippen LogP contribution in [-0.2, 0) is 14.8 Å². The first-order valence-corrected chi connectivity index (χ1v) is 11.0. The molecule has 0 aromatic heterocycles. The Balaban J connectivity index is 2.05. The third-order valence-electron chi connectivity index (χ3n) is 5.39. The van der Waals surface area contributed by atoms with Crippen LogP contribution in [0.3, 0.4) is 0 Å². The molecule has 0 saturated carbocycles. The van der Waals surface area contributed by atoms with E-state index >= 15 is 0 Å². The first kappa shape index (κ1) is 20.6. The van der Waals surface area contributed by atoms with E-state index in [1.807, 2.05) is 6.07 Å². The minimum atomic E-state index is -4.01. The quantitative estimate of drug-likeness (QED) is 0.778. The van der Waals surface area contributed by atoms with Crippen molar-refractivity contribution in [2.75, 3.05) is 25.1 Å². The summed E-state index contributed by atoms with van der Waals surface area (Å²) >= 11 is 0. The van der Waals surface area contributed by atoms with Crippen molar-refractivity contribution in [3.63, 3.8) is 0 Å². The van der Waals surface area contributed by atoms with E-state index in [0.29, 0.717) is 28.3 Å². The van der Waals surface area contributed by atoms with E-state index in [1.165, 1.54) is 18.5 Å². The third-order valence-corrected chi connectivity index (χ3v) is 7.40. The molecule has 2 aliphatic rings. The van der Waals surface area contributed by atoms with Gasteiger partial charge in [-0.15, -0.1) is 0 Å². The van der Waals surface area contributed by atoms with Crippen LogP contribution in [0.5, 0.6) is 11.5 Å². The summed E-state index contributed by atoms with van der Waals surface area (Å²) in [6.07, 6.45) is 0. The van der Waals surface area contributed by atoms with E-state index < -0.39 is 15.9 Å². The van der Waals surface area contributed by atoms with Crippen molar-refractivity contribution in [3.8, 4) is 17.6 Å². The minimum absolute atomic E-state index is 0.0185. The summed E-state index contributed by atoms with van der Waals surface area (Å²) in [4.78, 5) is -0.0222. The SMILES string of the molecule is CCN1c2ccccc2C2=C(C(c3ccc(OC)c(OC)c3)C(C#N)=C(N)O2)S1(=O)=O. The molecule has 0 spiro atoms. The lowest BCUT2D eigenvalue weighted by Gasteiger charge is -2.37. The number of hydrogen-bond donors (Lipinski definition) is 1. The first-order valence-electron chi connectivity index (χ1n) is 9.54. The van der Waals surface area contributed by atoms with Gasteiger partial charge in [0.25, 0.3) is 10.0 Å². The molecule has 8 nitrogen and oxygen atoms in total. The van der Waals surface area contributed by atoms with Gasteiger partial charge in [-0.25, -0.2) is 8.42 Å². The average molecular weight is 439 g/mol. The van der Waals surface area contributed by atoms with Gasteiger partial charge < -0.3 is 19.9 Å². The van der Waals surface area contributed by atoms with E-state index in [1.54, 1.807) is 49.4 Å². The predicted octanol–water partition coefficient (Wildman–Crippen LogP) is 3.05. The molecule has 2 aliphatic heterocycles. The second-order valence-corrected chi connectivity index (χ2v) is 8.75. The zero-order chi connectivity index (χ0) is 22.3. The summed E-state index contributed by atoms with van der Waals surface area (Å²) < 4.78 is 45.2. The standard InChI is InChI=1S/C22H21N3O5S/c1-4-25-16-8-6-5-7-14(16)20-21(31(25,26)27)19(15(12-23)22(24)30-20)13-9-10-17(28-2)18(11-13)29-3/h5-11,19H,4,24H2,1-3H3. The zero-order valence-corrected chi connectivity index (χ0v) is 18.1. The number of nitriles is 1. The summed E-state index contributed by atoms with van der Waals surface area (Å²) in [5.41, 5.74) is 7.74. The van der Waals surface area contributed by atoms with Crippen molar-refractivity contribution in [1.29, 1.82) is 5.26 Å². The Bertz CT molecular complexity index is 1270. The Hall–Kier alpha value is -3.64. The van der Waals surface area contributed by atoms with E-state index in [2.05, 4.69) is 0 Å². The van der Waals surface area contributed by atoms with Crippen LogP contribution in [0.25, 0.3) is 5.76 Å². The number of sulfonamides is 1.